The van der Waals surface area contributed by atoms with Gasteiger partial charge in [-0.05, 0) is 6.07 Å². The van der Waals surface area contributed by atoms with Crippen molar-refractivity contribution < 1.29 is 0 Å². The van der Waals surface area contributed by atoms with Gasteiger partial charge in [0, 0.05) is 34.1 Å². The number of aromatic nitrogens is 2. The van der Waals surface area contributed by atoms with Gasteiger partial charge in [-0.2, -0.15) is 0 Å². The minimum atomic E-state index is 0.547. The van der Waals surface area contributed by atoms with Gasteiger partial charge in [-0.15, -0.1) is 11.3 Å². The van der Waals surface area contributed by atoms with E-state index in [2.05, 4.69) is 9.97 Å². The van der Waals surface area contributed by atoms with Crippen LogP contribution in [0.4, 0.5) is 5.13 Å². The Hall–Kier alpha value is -1.65. The van der Waals surface area contributed by atoms with Crippen LogP contribution in [0.5, 0.6) is 0 Å². The zero-order valence-electron chi connectivity index (χ0n) is 8.72. The summed E-state index contributed by atoms with van der Waals surface area (Å²) in [5, 5.41) is 5.14. The van der Waals surface area contributed by atoms with Crippen LogP contribution in [-0.4, -0.2) is 9.97 Å². The van der Waals surface area contributed by atoms with E-state index >= 15 is 0 Å². The minimum absolute atomic E-state index is 0.547. The second kappa shape index (κ2) is 3.98. The van der Waals surface area contributed by atoms with Gasteiger partial charge in [0.25, 0.3) is 0 Å². The summed E-state index contributed by atoms with van der Waals surface area (Å²) >= 11 is 7.79. The normalized spacial score (nSPS) is 10.9. The first kappa shape index (κ1) is 10.5. The molecule has 0 atom stereocenters. The summed E-state index contributed by atoms with van der Waals surface area (Å²) in [6.07, 6.45) is 3.52. The van der Waals surface area contributed by atoms with E-state index in [1.54, 1.807) is 12.4 Å². The molecule has 5 heteroatoms. The molecule has 0 unspecified atom stereocenters. The van der Waals surface area contributed by atoms with Crippen molar-refractivity contribution >= 4 is 38.8 Å². The minimum Gasteiger partial charge on any atom is -0.375 e. The number of nitrogens with zero attached hydrogens (tertiary/aromatic N) is 2. The van der Waals surface area contributed by atoms with Crippen LogP contribution in [-0.2, 0) is 0 Å². The number of nitrogens with two attached hydrogens (primary N) is 1. The van der Waals surface area contributed by atoms with Gasteiger partial charge < -0.3 is 5.73 Å². The fraction of sp³-hybridized carbons (Fsp3) is 0. The van der Waals surface area contributed by atoms with Gasteiger partial charge >= 0.3 is 0 Å². The molecule has 3 rings (SSSR count). The second-order valence-electron chi connectivity index (χ2n) is 3.59. The number of anilines is 1. The second-order valence-corrected chi connectivity index (χ2v) is 4.86. The molecule has 0 spiro atoms. The maximum atomic E-state index is 6.38. The van der Waals surface area contributed by atoms with E-state index in [1.165, 1.54) is 11.3 Å². The summed E-state index contributed by atoms with van der Waals surface area (Å²) in [6, 6.07) is 5.83. The van der Waals surface area contributed by atoms with Crippen molar-refractivity contribution in [2.24, 2.45) is 0 Å². The molecule has 1 aromatic carbocycles. The largest absolute Gasteiger partial charge is 0.375 e. The van der Waals surface area contributed by atoms with E-state index in [9.17, 15) is 0 Å². The molecular weight excluding hydrogens is 254 g/mol. The lowest BCUT2D eigenvalue weighted by Crippen LogP contribution is -1.85. The lowest BCUT2D eigenvalue weighted by atomic mass is 10.1. The molecule has 84 valence electrons. The van der Waals surface area contributed by atoms with Gasteiger partial charge in [0.15, 0.2) is 5.13 Å². The number of hydrogen-bond donors (Lipinski definition) is 1. The Bertz CT molecular complexity index is 693. The van der Waals surface area contributed by atoms with Crippen LogP contribution in [0.1, 0.15) is 0 Å². The van der Waals surface area contributed by atoms with Crippen LogP contribution in [0.3, 0.4) is 0 Å². The Morgan fingerprint density at radius 1 is 1.24 bits per heavy atom. The van der Waals surface area contributed by atoms with E-state index in [0.717, 1.165) is 22.0 Å². The summed E-state index contributed by atoms with van der Waals surface area (Å²) < 4.78 is 0. The highest BCUT2D eigenvalue weighted by molar-refractivity contribution is 7.13. The van der Waals surface area contributed by atoms with Gasteiger partial charge in [0.05, 0.1) is 10.7 Å². The maximum Gasteiger partial charge on any atom is 0.180 e. The Labute approximate surface area is 107 Å². The molecule has 17 heavy (non-hydrogen) atoms. The molecule has 0 aliphatic rings. The van der Waals surface area contributed by atoms with Gasteiger partial charge in [-0.3, -0.25) is 4.98 Å². The van der Waals surface area contributed by atoms with E-state index in [4.69, 9.17) is 17.3 Å². The van der Waals surface area contributed by atoms with Crippen molar-refractivity contribution in [3.63, 3.8) is 0 Å². The van der Waals surface area contributed by atoms with Crippen molar-refractivity contribution in [3.8, 4) is 11.3 Å². The fourth-order valence-electron chi connectivity index (χ4n) is 1.74. The molecule has 0 fully saturated rings. The van der Waals surface area contributed by atoms with E-state index in [1.807, 2.05) is 23.6 Å². The van der Waals surface area contributed by atoms with Gasteiger partial charge in [-0.25, -0.2) is 4.98 Å². The smallest absolute Gasteiger partial charge is 0.180 e. The van der Waals surface area contributed by atoms with Crippen molar-refractivity contribution in [3.05, 3.63) is 41.0 Å². The standard InChI is InChI=1S/C12H8ClN3S/c13-11-8-3-4-15-5-7(8)1-2-9(11)10-6-17-12(14)16-10/h1-6H,(H2,14,16). The number of rotatable bonds is 1. The SMILES string of the molecule is Nc1nc(-c2ccc3cnccc3c2Cl)cs1. The fourth-order valence-corrected chi connectivity index (χ4v) is 2.63. The van der Waals surface area contributed by atoms with Crippen LogP contribution >= 0.6 is 22.9 Å². The third kappa shape index (κ3) is 1.75. The van der Waals surface area contributed by atoms with E-state index in [-0.39, 0.29) is 0 Å². The number of halogens is 1. The Kier molecular flexibility index (Phi) is 2.46. The maximum absolute atomic E-state index is 6.38. The highest BCUT2D eigenvalue weighted by Gasteiger charge is 2.10. The molecule has 3 nitrogen and oxygen atoms in total. The third-order valence-corrected chi connectivity index (χ3v) is 3.63. The molecule has 2 aromatic heterocycles. The molecule has 0 bridgehead atoms. The number of fused-ring (bicyclic) bond motifs is 1. The average molecular weight is 262 g/mol. The average Bonchev–Trinajstić information content (AvgIpc) is 2.77. The molecule has 0 aliphatic heterocycles. The number of pyridine rings is 1. The molecule has 3 aromatic rings. The number of benzene rings is 1. The first-order valence-electron chi connectivity index (χ1n) is 4.99. The van der Waals surface area contributed by atoms with Crippen LogP contribution in [0.15, 0.2) is 36.0 Å². The highest BCUT2D eigenvalue weighted by atomic mass is 35.5. The zero-order valence-corrected chi connectivity index (χ0v) is 10.3. The first-order chi connectivity index (χ1) is 8.25. The summed E-state index contributed by atoms with van der Waals surface area (Å²) in [6.45, 7) is 0. The van der Waals surface area contributed by atoms with Gasteiger partial charge in [-0.1, -0.05) is 23.7 Å². The molecule has 0 radical (unpaired) electrons. The zero-order chi connectivity index (χ0) is 11.8. The molecule has 2 heterocycles. The quantitative estimate of drug-likeness (QED) is 0.728. The highest BCUT2D eigenvalue weighted by Crippen LogP contribution is 2.34. The lowest BCUT2D eigenvalue weighted by molar-refractivity contribution is 1.36. The van der Waals surface area contributed by atoms with E-state index < -0.39 is 0 Å². The summed E-state index contributed by atoms with van der Waals surface area (Å²) in [4.78, 5) is 8.31. The third-order valence-electron chi connectivity index (χ3n) is 2.55. The summed E-state index contributed by atoms with van der Waals surface area (Å²) in [5.41, 5.74) is 7.35. The molecule has 0 aliphatic carbocycles. The summed E-state index contributed by atoms with van der Waals surface area (Å²) in [7, 11) is 0. The van der Waals surface area contributed by atoms with Crippen molar-refractivity contribution in [1.29, 1.82) is 0 Å². The van der Waals surface area contributed by atoms with Crippen LogP contribution in [0.2, 0.25) is 5.02 Å². The topological polar surface area (TPSA) is 51.8 Å². The molecule has 0 saturated heterocycles. The number of nitrogen functional groups attached to an aromatic ring is 1. The molecule has 0 saturated carbocycles. The van der Waals surface area contributed by atoms with Gasteiger partial charge in [0.1, 0.15) is 0 Å². The number of hydrogen-bond acceptors (Lipinski definition) is 4. The monoisotopic (exact) mass is 261 g/mol. The predicted octanol–water partition coefficient (Wildman–Crippen LogP) is 3.59. The molecular formula is C12H8ClN3S. The molecule has 0 amide bonds. The van der Waals surface area contributed by atoms with Gasteiger partial charge in [0.2, 0.25) is 0 Å². The van der Waals surface area contributed by atoms with E-state index in [0.29, 0.717) is 10.2 Å². The first-order valence-corrected chi connectivity index (χ1v) is 6.25. The molecule has 2 N–H and O–H groups in total. The lowest BCUT2D eigenvalue weighted by Gasteiger charge is -2.04. The number of thiazole rings is 1. The van der Waals surface area contributed by atoms with Crippen LogP contribution < -0.4 is 5.73 Å². The van der Waals surface area contributed by atoms with Crippen LogP contribution in [0.25, 0.3) is 22.0 Å². The van der Waals surface area contributed by atoms with Crippen molar-refractivity contribution in [1.82, 2.24) is 9.97 Å². The van der Waals surface area contributed by atoms with Crippen molar-refractivity contribution in [2.45, 2.75) is 0 Å². The Morgan fingerprint density at radius 2 is 2.12 bits per heavy atom. The van der Waals surface area contributed by atoms with Crippen LogP contribution in [0, 0.1) is 0 Å². The Morgan fingerprint density at radius 3 is 2.88 bits per heavy atom. The predicted molar refractivity (Wildman–Crippen MR) is 72.3 cm³/mol. The Balaban J connectivity index is 2.28. The summed E-state index contributed by atoms with van der Waals surface area (Å²) in [5.74, 6) is 0. The van der Waals surface area contributed by atoms with Crippen molar-refractivity contribution in [2.75, 3.05) is 5.73 Å².